The number of hydrogen-bond acceptors (Lipinski definition) is 4. The molecule has 0 bridgehead atoms. The first-order valence-electron chi connectivity index (χ1n) is 5.34. The largest absolute Gasteiger partial charge is 0.469 e. The molecule has 0 aromatic carbocycles. The van der Waals surface area contributed by atoms with Gasteiger partial charge in [-0.2, -0.15) is 0 Å². The van der Waals surface area contributed by atoms with Gasteiger partial charge in [-0.25, -0.2) is 0 Å². The van der Waals surface area contributed by atoms with Crippen LogP contribution in [-0.2, 0) is 9.53 Å². The second kappa shape index (κ2) is 4.28. The number of carbonyl (C=O) groups is 1. The first-order chi connectivity index (χ1) is 6.81. The number of methoxy groups -OCH3 is 1. The van der Waals surface area contributed by atoms with Crippen molar-refractivity contribution in [3.63, 3.8) is 0 Å². The number of hydrogen-bond donors (Lipinski definition) is 1. The number of ether oxygens (including phenoxy) is 1. The van der Waals surface area contributed by atoms with Crippen molar-refractivity contribution in [3.8, 4) is 0 Å². The van der Waals surface area contributed by atoms with Crippen molar-refractivity contribution >= 4 is 5.97 Å². The zero-order chi connectivity index (χ0) is 9.97. The molecule has 0 radical (unpaired) electrons. The summed E-state index contributed by atoms with van der Waals surface area (Å²) in [6.45, 7) is 4.03. The molecule has 4 heteroatoms. The third-order valence-corrected chi connectivity index (χ3v) is 3.27. The number of esters is 1. The Morgan fingerprint density at radius 3 is 2.57 bits per heavy atom. The Bertz CT molecular complexity index is 208. The molecule has 0 atom stereocenters. The Morgan fingerprint density at radius 2 is 2.00 bits per heavy atom. The lowest BCUT2D eigenvalue weighted by molar-refractivity contribution is -0.152. The van der Waals surface area contributed by atoms with Crippen molar-refractivity contribution in [1.82, 2.24) is 10.2 Å². The summed E-state index contributed by atoms with van der Waals surface area (Å²) < 4.78 is 4.71. The standard InChI is InChI=1S/C10H18N2O2/c1-14-10(13)8-6-12(7-8)9-2-4-11-5-3-9/h8-9,11H,2-7H2,1H3. The summed E-state index contributed by atoms with van der Waals surface area (Å²) in [5.74, 6) is 0.0880. The highest BCUT2D eigenvalue weighted by Gasteiger charge is 2.37. The van der Waals surface area contributed by atoms with E-state index in [0.717, 1.165) is 26.2 Å². The molecule has 2 heterocycles. The second-order valence-electron chi connectivity index (χ2n) is 4.16. The van der Waals surface area contributed by atoms with E-state index in [-0.39, 0.29) is 11.9 Å². The van der Waals surface area contributed by atoms with E-state index in [1.54, 1.807) is 0 Å². The van der Waals surface area contributed by atoms with Gasteiger partial charge in [-0.05, 0) is 25.9 Å². The Kier molecular flexibility index (Phi) is 3.03. The van der Waals surface area contributed by atoms with Crippen LogP contribution in [0.3, 0.4) is 0 Å². The third-order valence-electron chi connectivity index (χ3n) is 3.27. The molecule has 0 aromatic rings. The fourth-order valence-corrected chi connectivity index (χ4v) is 2.30. The summed E-state index contributed by atoms with van der Waals surface area (Å²) in [6.07, 6.45) is 2.43. The van der Waals surface area contributed by atoms with Gasteiger partial charge in [0.05, 0.1) is 13.0 Å². The summed E-state index contributed by atoms with van der Waals surface area (Å²) in [4.78, 5) is 13.6. The average molecular weight is 198 g/mol. The van der Waals surface area contributed by atoms with Crippen LogP contribution in [0.2, 0.25) is 0 Å². The number of likely N-dealkylation sites (tertiary alicyclic amines) is 1. The Morgan fingerprint density at radius 1 is 1.36 bits per heavy atom. The van der Waals surface area contributed by atoms with Crippen molar-refractivity contribution in [3.05, 3.63) is 0 Å². The van der Waals surface area contributed by atoms with Gasteiger partial charge < -0.3 is 10.1 Å². The van der Waals surface area contributed by atoms with E-state index in [1.165, 1.54) is 20.0 Å². The predicted octanol–water partition coefficient (Wildman–Crippen LogP) is -0.157. The monoisotopic (exact) mass is 198 g/mol. The lowest BCUT2D eigenvalue weighted by Crippen LogP contribution is -2.57. The highest BCUT2D eigenvalue weighted by atomic mass is 16.5. The number of piperidine rings is 1. The molecular formula is C10H18N2O2. The van der Waals surface area contributed by atoms with Gasteiger partial charge in [0.15, 0.2) is 0 Å². The van der Waals surface area contributed by atoms with Crippen LogP contribution in [0.1, 0.15) is 12.8 Å². The van der Waals surface area contributed by atoms with E-state index in [2.05, 4.69) is 10.2 Å². The maximum atomic E-state index is 11.2. The van der Waals surface area contributed by atoms with Crippen LogP contribution in [0.4, 0.5) is 0 Å². The van der Waals surface area contributed by atoms with E-state index < -0.39 is 0 Å². The number of nitrogens with zero attached hydrogens (tertiary/aromatic N) is 1. The second-order valence-corrected chi connectivity index (χ2v) is 4.16. The first-order valence-corrected chi connectivity index (χ1v) is 5.34. The van der Waals surface area contributed by atoms with Crippen molar-refractivity contribution in [2.75, 3.05) is 33.3 Å². The van der Waals surface area contributed by atoms with Gasteiger partial charge in [-0.3, -0.25) is 9.69 Å². The summed E-state index contributed by atoms with van der Waals surface area (Å²) in [6, 6.07) is 0.692. The molecule has 4 nitrogen and oxygen atoms in total. The number of nitrogens with one attached hydrogen (secondary N) is 1. The lowest BCUT2D eigenvalue weighted by atomic mass is 9.94. The summed E-state index contributed by atoms with van der Waals surface area (Å²) in [7, 11) is 1.47. The summed E-state index contributed by atoms with van der Waals surface area (Å²) in [5.41, 5.74) is 0. The number of carbonyl (C=O) groups excluding carboxylic acids is 1. The van der Waals surface area contributed by atoms with Crippen LogP contribution in [0.5, 0.6) is 0 Å². The van der Waals surface area contributed by atoms with Crippen LogP contribution < -0.4 is 5.32 Å². The highest BCUT2D eigenvalue weighted by molar-refractivity contribution is 5.73. The topological polar surface area (TPSA) is 41.6 Å². The molecular weight excluding hydrogens is 180 g/mol. The molecule has 2 rings (SSSR count). The van der Waals surface area contributed by atoms with E-state index in [4.69, 9.17) is 4.74 Å². The smallest absolute Gasteiger partial charge is 0.311 e. The average Bonchev–Trinajstić information content (AvgIpc) is 2.17. The van der Waals surface area contributed by atoms with Crippen molar-refractivity contribution in [2.45, 2.75) is 18.9 Å². The Labute approximate surface area is 84.6 Å². The van der Waals surface area contributed by atoms with Crippen molar-refractivity contribution in [2.24, 2.45) is 5.92 Å². The molecule has 0 aliphatic carbocycles. The van der Waals surface area contributed by atoms with E-state index in [9.17, 15) is 4.79 Å². The molecule has 0 spiro atoms. The molecule has 2 fully saturated rings. The molecule has 14 heavy (non-hydrogen) atoms. The minimum Gasteiger partial charge on any atom is -0.469 e. The summed E-state index contributed by atoms with van der Waals surface area (Å²) >= 11 is 0. The fraction of sp³-hybridized carbons (Fsp3) is 0.900. The highest BCUT2D eigenvalue weighted by Crippen LogP contribution is 2.23. The van der Waals surface area contributed by atoms with E-state index in [0.29, 0.717) is 6.04 Å². The normalized spacial score (nSPS) is 25.8. The minimum atomic E-state index is -0.0461. The molecule has 2 saturated heterocycles. The molecule has 0 saturated carbocycles. The van der Waals surface area contributed by atoms with Crippen LogP contribution in [0.25, 0.3) is 0 Å². The zero-order valence-corrected chi connectivity index (χ0v) is 8.66. The summed E-state index contributed by atoms with van der Waals surface area (Å²) in [5, 5.41) is 3.34. The number of rotatable bonds is 2. The fourth-order valence-electron chi connectivity index (χ4n) is 2.30. The predicted molar refractivity (Wildman–Crippen MR) is 53.0 cm³/mol. The van der Waals surface area contributed by atoms with Gasteiger partial charge in [-0.1, -0.05) is 0 Å². The maximum Gasteiger partial charge on any atom is 0.311 e. The van der Waals surface area contributed by atoms with E-state index >= 15 is 0 Å². The van der Waals surface area contributed by atoms with Crippen LogP contribution in [-0.4, -0.2) is 50.2 Å². The first kappa shape index (κ1) is 9.93. The quantitative estimate of drug-likeness (QED) is 0.626. The van der Waals surface area contributed by atoms with Gasteiger partial charge in [0.2, 0.25) is 0 Å². The van der Waals surface area contributed by atoms with E-state index in [1.807, 2.05) is 0 Å². The minimum absolute atomic E-state index is 0.0461. The third kappa shape index (κ3) is 1.91. The molecule has 2 aliphatic rings. The van der Waals surface area contributed by atoms with Gasteiger partial charge in [-0.15, -0.1) is 0 Å². The maximum absolute atomic E-state index is 11.2. The van der Waals surface area contributed by atoms with Gasteiger partial charge in [0.25, 0.3) is 0 Å². The molecule has 80 valence electrons. The van der Waals surface area contributed by atoms with Gasteiger partial charge >= 0.3 is 5.97 Å². The Hall–Kier alpha value is -0.610. The van der Waals surface area contributed by atoms with Gasteiger partial charge in [0.1, 0.15) is 0 Å². The SMILES string of the molecule is COC(=O)C1CN(C2CCNCC2)C1. The molecule has 0 unspecified atom stereocenters. The molecule has 2 aliphatic heterocycles. The van der Waals surface area contributed by atoms with Crippen molar-refractivity contribution in [1.29, 1.82) is 0 Å². The van der Waals surface area contributed by atoms with Crippen LogP contribution >= 0.6 is 0 Å². The zero-order valence-electron chi connectivity index (χ0n) is 8.66. The lowest BCUT2D eigenvalue weighted by Gasteiger charge is -2.44. The van der Waals surface area contributed by atoms with Gasteiger partial charge in [0, 0.05) is 19.1 Å². The molecule has 0 amide bonds. The van der Waals surface area contributed by atoms with Crippen LogP contribution in [0, 0.1) is 5.92 Å². The molecule has 1 N–H and O–H groups in total. The van der Waals surface area contributed by atoms with Crippen molar-refractivity contribution < 1.29 is 9.53 Å². The van der Waals surface area contributed by atoms with Crippen LogP contribution in [0.15, 0.2) is 0 Å². The Balaban J connectivity index is 1.73. The molecule has 0 aromatic heterocycles.